The van der Waals surface area contributed by atoms with Crippen LogP contribution >= 0.6 is 0 Å². The smallest absolute Gasteiger partial charge is 0.306 e. The minimum Gasteiger partial charge on any atom is -0.462 e. The highest BCUT2D eigenvalue weighted by molar-refractivity contribution is 5.93. The van der Waals surface area contributed by atoms with Gasteiger partial charge in [0.15, 0.2) is 6.10 Å². The number of amides is 1. The van der Waals surface area contributed by atoms with Crippen LogP contribution in [-0.4, -0.2) is 37.1 Å². The van der Waals surface area contributed by atoms with Gasteiger partial charge < -0.3 is 14.4 Å². The Morgan fingerprint density at radius 3 is 1.30 bits per heavy atom. The minimum absolute atomic E-state index is 0.00265. The highest BCUT2D eigenvalue weighted by Crippen LogP contribution is 2.20. The van der Waals surface area contributed by atoms with E-state index in [1.54, 1.807) is 4.90 Å². The number of para-hydroxylation sites is 1. The SMILES string of the molecule is CCC=CCC=CCC=CCCCCCCCC(=O)N(CC(COC(=O)CCCCCCCC=CCC=CCCCCC)OC(=O)CCCCCCCC=CCCCCCCCC)c1ccccc1. The van der Waals surface area contributed by atoms with Crippen LogP contribution in [0.2, 0.25) is 0 Å². The normalized spacial score (nSPS) is 12.5. The molecule has 0 aliphatic rings. The number of anilines is 1. The maximum atomic E-state index is 13.9. The lowest BCUT2D eigenvalue weighted by atomic mass is 10.1. The van der Waals surface area contributed by atoms with Gasteiger partial charge >= 0.3 is 11.9 Å². The summed E-state index contributed by atoms with van der Waals surface area (Å²) in [6, 6.07) is 9.62. The van der Waals surface area contributed by atoms with Gasteiger partial charge in [-0.3, -0.25) is 14.4 Å². The third-order valence-electron chi connectivity index (χ3n) is 12.5. The minimum atomic E-state index is -0.750. The highest BCUT2D eigenvalue weighted by Gasteiger charge is 2.25. The second kappa shape index (κ2) is 50.5. The van der Waals surface area contributed by atoms with Crippen LogP contribution in [0.3, 0.4) is 0 Å². The topological polar surface area (TPSA) is 72.9 Å². The number of unbranched alkanes of at least 4 members (excludes halogenated alkanes) is 24. The molecule has 0 fully saturated rings. The van der Waals surface area contributed by atoms with Crippen molar-refractivity contribution in [3.05, 3.63) is 103 Å². The zero-order valence-electron chi connectivity index (χ0n) is 44.8. The van der Waals surface area contributed by atoms with Crippen LogP contribution in [0.1, 0.15) is 252 Å². The number of carbonyl (C=O) groups is 3. The summed E-state index contributed by atoms with van der Waals surface area (Å²) >= 11 is 0. The van der Waals surface area contributed by atoms with Crippen molar-refractivity contribution in [1.29, 1.82) is 0 Å². The molecule has 0 N–H and O–H groups in total. The van der Waals surface area contributed by atoms with Crippen molar-refractivity contribution in [2.45, 2.75) is 258 Å². The summed E-state index contributed by atoms with van der Waals surface area (Å²) < 4.78 is 11.8. The van der Waals surface area contributed by atoms with E-state index < -0.39 is 6.10 Å². The second-order valence-corrected chi connectivity index (χ2v) is 19.1. The molecule has 0 radical (unpaired) electrons. The Kier molecular flexibility index (Phi) is 46.1. The third kappa shape index (κ3) is 42.7. The molecule has 390 valence electrons. The van der Waals surface area contributed by atoms with Crippen molar-refractivity contribution in [1.82, 2.24) is 0 Å². The van der Waals surface area contributed by atoms with Crippen LogP contribution < -0.4 is 4.90 Å². The first-order valence-electron chi connectivity index (χ1n) is 28.6. The number of hydrogen-bond donors (Lipinski definition) is 0. The second-order valence-electron chi connectivity index (χ2n) is 19.1. The summed E-state index contributed by atoms with van der Waals surface area (Å²) in [5.41, 5.74) is 0.760. The van der Waals surface area contributed by atoms with Gasteiger partial charge in [-0.1, -0.05) is 215 Å². The first kappa shape index (κ1) is 63.1. The maximum Gasteiger partial charge on any atom is 0.306 e. The first-order valence-corrected chi connectivity index (χ1v) is 28.6. The van der Waals surface area contributed by atoms with Crippen molar-refractivity contribution in [3.63, 3.8) is 0 Å². The molecule has 6 heteroatoms. The summed E-state index contributed by atoms with van der Waals surface area (Å²) in [5.74, 6) is -0.578. The van der Waals surface area contributed by atoms with Crippen LogP contribution in [0.15, 0.2) is 103 Å². The average Bonchev–Trinajstić information content (AvgIpc) is 3.36. The van der Waals surface area contributed by atoms with Crippen molar-refractivity contribution >= 4 is 23.5 Å². The summed E-state index contributed by atoms with van der Waals surface area (Å²) in [6.45, 7) is 6.75. The molecule has 69 heavy (non-hydrogen) atoms. The molecule has 0 heterocycles. The van der Waals surface area contributed by atoms with E-state index in [-0.39, 0.29) is 31.0 Å². The van der Waals surface area contributed by atoms with Crippen LogP contribution in [0.4, 0.5) is 5.69 Å². The Balaban J connectivity index is 2.63. The van der Waals surface area contributed by atoms with Gasteiger partial charge in [0.1, 0.15) is 6.61 Å². The van der Waals surface area contributed by atoms with Crippen molar-refractivity contribution in [3.8, 4) is 0 Å². The summed E-state index contributed by atoms with van der Waals surface area (Å²) in [4.78, 5) is 41.9. The lowest BCUT2D eigenvalue weighted by Gasteiger charge is -2.28. The van der Waals surface area contributed by atoms with Crippen LogP contribution in [-0.2, 0) is 23.9 Å². The number of allylic oxidation sites excluding steroid dienone is 12. The summed E-state index contributed by atoms with van der Waals surface area (Å²) in [7, 11) is 0. The van der Waals surface area contributed by atoms with Gasteiger partial charge in [-0.2, -0.15) is 0 Å². The van der Waals surface area contributed by atoms with Gasteiger partial charge in [0.05, 0.1) is 6.54 Å². The number of rotatable bonds is 48. The Morgan fingerprint density at radius 1 is 0.435 bits per heavy atom. The zero-order valence-corrected chi connectivity index (χ0v) is 44.8. The fraction of sp³-hybridized carbons (Fsp3) is 0.667. The summed E-state index contributed by atoms with van der Waals surface area (Å²) in [6.07, 6.45) is 64.7. The molecule has 1 amide bonds. The summed E-state index contributed by atoms with van der Waals surface area (Å²) in [5, 5.41) is 0. The zero-order chi connectivity index (χ0) is 49.8. The molecule has 0 aliphatic heterocycles. The Labute approximate surface area is 425 Å². The largest absolute Gasteiger partial charge is 0.462 e. The van der Waals surface area contributed by atoms with Gasteiger partial charge in [-0.25, -0.2) is 0 Å². The molecule has 1 atom stereocenters. The lowest BCUT2D eigenvalue weighted by Crippen LogP contribution is -2.41. The Hall–Kier alpha value is -3.93. The van der Waals surface area contributed by atoms with Gasteiger partial charge in [0.2, 0.25) is 5.91 Å². The third-order valence-corrected chi connectivity index (χ3v) is 12.5. The quantitative estimate of drug-likeness (QED) is 0.0370. The molecule has 1 aromatic rings. The molecule has 1 unspecified atom stereocenters. The molecule has 0 saturated heterocycles. The van der Waals surface area contributed by atoms with Crippen molar-refractivity contribution in [2.75, 3.05) is 18.1 Å². The van der Waals surface area contributed by atoms with Gasteiger partial charge in [0.25, 0.3) is 0 Å². The number of ether oxygens (including phenoxy) is 2. The van der Waals surface area contributed by atoms with Gasteiger partial charge in [-0.05, 0) is 121 Å². The first-order chi connectivity index (χ1) is 34.0. The van der Waals surface area contributed by atoms with Gasteiger partial charge in [0, 0.05) is 24.9 Å². The van der Waals surface area contributed by atoms with E-state index in [4.69, 9.17) is 9.47 Å². The van der Waals surface area contributed by atoms with E-state index in [0.717, 1.165) is 141 Å². The van der Waals surface area contributed by atoms with E-state index in [1.807, 2.05) is 30.3 Å². The van der Waals surface area contributed by atoms with Gasteiger partial charge in [-0.15, -0.1) is 0 Å². The van der Waals surface area contributed by atoms with Crippen LogP contribution in [0.5, 0.6) is 0 Å². The number of benzene rings is 1. The molecule has 1 aromatic carbocycles. The molecule has 0 aromatic heterocycles. The molecule has 0 bridgehead atoms. The van der Waals surface area contributed by atoms with Crippen molar-refractivity contribution in [2.24, 2.45) is 0 Å². The van der Waals surface area contributed by atoms with E-state index in [1.165, 1.54) is 77.0 Å². The molecular weight excluding hydrogens is 851 g/mol. The molecule has 6 nitrogen and oxygen atoms in total. The molecular formula is C63H103NO5. The highest BCUT2D eigenvalue weighted by atomic mass is 16.6. The number of hydrogen-bond acceptors (Lipinski definition) is 5. The monoisotopic (exact) mass is 954 g/mol. The maximum absolute atomic E-state index is 13.9. The van der Waals surface area contributed by atoms with E-state index in [9.17, 15) is 14.4 Å². The Morgan fingerprint density at radius 2 is 0.812 bits per heavy atom. The Bertz CT molecular complexity index is 1510. The lowest BCUT2D eigenvalue weighted by molar-refractivity contribution is -0.158. The molecule has 0 aliphatic carbocycles. The predicted molar refractivity (Wildman–Crippen MR) is 298 cm³/mol. The average molecular weight is 955 g/mol. The molecule has 0 spiro atoms. The van der Waals surface area contributed by atoms with E-state index >= 15 is 0 Å². The van der Waals surface area contributed by atoms with E-state index in [2.05, 4.69) is 93.7 Å². The fourth-order valence-electron chi connectivity index (χ4n) is 8.24. The van der Waals surface area contributed by atoms with Crippen LogP contribution in [0, 0.1) is 0 Å². The molecule has 0 saturated carbocycles. The standard InChI is InChI=1S/C63H103NO5/c1-4-7-10-13-16-19-22-25-28-31-34-37-40-43-49-54-61(65)64(59-52-47-46-48-53-59)57-60(69-63(67)56-51-45-42-39-36-33-30-27-24-21-18-15-12-9-6-3)58-68-62(66)55-50-44-41-38-35-32-29-26-23-20-17-14-11-8-5-2/h7,10,16-17,19-20,25-30,46-48,52-53,60H,4-6,8-9,11-15,18,21-24,31-45,49-51,54-58H2,1-3H3. The molecule has 1 rings (SSSR count). The number of carbonyl (C=O) groups excluding carboxylic acids is 3. The van der Waals surface area contributed by atoms with E-state index in [0.29, 0.717) is 19.3 Å². The van der Waals surface area contributed by atoms with Crippen LogP contribution in [0.25, 0.3) is 0 Å². The number of nitrogens with zero attached hydrogens (tertiary/aromatic N) is 1. The predicted octanol–water partition coefficient (Wildman–Crippen LogP) is 18.9. The van der Waals surface area contributed by atoms with Crippen molar-refractivity contribution < 1.29 is 23.9 Å². The number of esters is 2. The fourth-order valence-corrected chi connectivity index (χ4v) is 8.24.